The average Bonchev–Trinajstić information content (AvgIpc) is 2.43. The molecular formula is C13H24F3NO. The lowest BCUT2D eigenvalue weighted by Crippen LogP contribution is -2.45. The van der Waals surface area contributed by atoms with E-state index in [0.29, 0.717) is 12.8 Å². The summed E-state index contributed by atoms with van der Waals surface area (Å²) in [7, 11) is 3.89. The molecule has 0 N–H and O–H groups in total. The molecule has 0 bridgehead atoms. The third kappa shape index (κ3) is 4.43. The molecule has 1 aliphatic rings. The SMILES string of the molecule is CN(C)C1(CC(C)(C)C)CCC(OC(F)(F)F)C1. The van der Waals surface area contributed by atoms with Crippen LogP contribution in [0.1, 0.15) is 46.5 Å². The summed E-state index contributed by atoms with van der Waals surface area (Å²) in [5, 5.41) is 0. The third-order valence-electron chi connectivity index (χ3n) is 3.65. The Morgan fingerprint density at radius 2 is 1.78 bits per heavy atom. The number of alkyl halides is 3. The fourth-order valence-electron chi connectivity index (χ4n) is 3.06. The fraction of sp³-hybridized carbons (Fsp3) is 1.00. The zero-order valence-corrected chi connectivity index (χ0v) is 11.9. The molecule has 1 saturated carbocycles. The summed E-state index contributed by atoms with van der Waals surface area (Å²) in [5.74, 6) is 0. The van der Waals surface area contributed by atoms with E-state index >= 15 is 0 Å². The van der Waals surface area contributed by atoms with E-state index in [-0.39, 0.29) is 11.0 Å². The lowest BCUT2D eigenvalue weighted by molar-refractivity contribution is -0.342. The van der Waals surface area contributed by atoms with E-state index in [1.807, 2.05) is 14.1 Å². The van der Waals surface area contributed by atoms with Gasteiger partial charge in [-0.2, -0.15) is 0 Å². The maximum absolute atomic E-state index is 12.3. The predicted molar refractivity (Wildman–Crippen MR) is 65.3 cm³/mol. The molecule has 1 fully saturated rings. The maximum atomic E-state index is 12.3. The van der Waals surface area contributed by atoms with E-state index in [4.69, 9.17) is 0 Å². The van der Waals surface area contributed by atoms with Crippen LogP contribution in [-0.2, 0) is 4.74 Å². The van der Waals surface area contributed by atoms with Crippen molar-refractivity contribution in [3.63, 3.8) is 0 Å². The maximum Gasteiger partial charge on any atom is 0.522 e. The first-order chi connectivity index (χ1) is 7.94. The Balaban J connectivity index is 2.73. The summed E-state index contributed by atoms with van der Waals surface area (Å²) < 4.78 is 41.0. The van der Waals surface area contributed by atoms with Crippen molar-refractivity contribution >= 4 is 0 Å². The molecule has 108 valence electrons. The van der Waals surface area contributed by atoms with Crippen molar-refractivity contribution in [1.29, 1.82) is 0 Å². The zero-order valence-electron chi connectivity index (χ0n) is 11.9. The van der Waals surface area contributed by atoms with E-state index < -0.39 is 12.5 Å². The van der Waals surface area contributed by atoms with Crippen LogP contribution >= 0.6 is 0 Å². The molecule has 0 aromatic rings. The molecule has 0 aromatic heterocycles. The van der Waals surface area contributed by atoms with Gasteiger partial charge in [0, 0.05) is 5.54 Å². The van der Waals surface area contributed by atoms with Gasteiger partial charge >= 0.3 is 6.36 Å². The molecule has 0 heterocycles. The van der Waals surface area contributed by atoms with Crippen molar-refractivity contribution in [3.8, 4) is 0 Å². The molecule has 2 unspecified atom stereocenters. The molecule has 0 aliphatic heterocycles. The lowest BCUT2D eigenvalue weighted by atomic mass is 9.78. The molecular weight excluding hydrogens is 243 g/mol. The van der Waals surface area contributed by atoms with Gasteiger partial charge in [0.25, 0.3) is 0 Å². The van der Waals surface area contributed by atoms with Gasteiger partial charge in [-0.05, 0) is 45.2 Å². The molecule has 1 rings (SSSR count). The van der Waals surface area contributed by atoms with Gasteiger partial charge in [0.2, 0.25) is 0 Å². The van der Waals surface area contributed by atoms with Crippen LogP contribution < -0.4 is 0 Å². The normalized spacial score (nSPS) is 30.2. The van der Waals surface area contributed by atoms with Crippen molar-refractivity contribution in [2.24, 2.45) is 5.41 Å². The quantitative estimate of drug-likeness (QED) is 0.771. The number of hydrogen-bond donors (Lipinski definition) is 0. The predicted octanol–water partition coefficient (Wildman–Crippen LogP) is 3.81. The summed E-state index contributed by atoms with van der Waals surface area (Å²) >= 11 is 0. The van der Waals surface area contributed by atoms with Gasteiger partial charge < -0.3 is 4.90 Å². The standard InChI is InChI=1S/C13H24F3NO/c1-11(2,3)9-12(17(4)5)7-6-10(8-12)18-13(14,15)16/h10H,6-9H2,1-5H3. The third-order valence-corrected chi connectivity index (χ3v) is 3.65. The number of hydrogen-bond acceptors (Lipinski definition) is 2. The van der Waals surface area contributed by atoms with Crippen molar-refractivity contribution in [2.45, 2.75) is 64.5 Å². The van der Waals surface area contributed by atoms with Gasteiger partial charge in [0.05, 0.1) is 6.10 Å². The van der Waals surface area contributed by atoms with E-state index in [1.54, 1.807) is 0 Å². The van der Waals surface area contributed by atoms with Crippen molar-refractivity contribution < 1.29 is 17.9 Å². The summed E-state index contributed by atoms with van der Waals surface area (Å²) in [6.45, 7) is 6.36. The minimum atomic E-state index is -4.52. The van der Waals surface area contributed by atoms with Crippen LogP contribution in [0.5, 0.6) is 0 Å². The second-order valence-corrected chi connectivity index (χ2v) is 6.78. The summed E-state index contributed by atoms with van der Waals surface area (Å²) in [4.78, 5) is 2.07. The van der Waals surface area contributed by atoms with Crippen molar-refractivity contribution in [2.75, 3.05) is 14.1 Å². The molecule has 0 amide bonds. The van der Waals surface area contributed by atoms with Crippen LogP contribution in [0, 0.1) is 5.41 Å². The van der Waals surface area contributed by atoms with Crippen LogP contribution in [0.15, 0.2) is 0 Å². The second-order valence-electron chi connectivity index (χ2n) is 6.78. The van der Waals surface area contributed by atoms with Gasteiger partial charge in [-0.15, -0.1) is 13.2 Å². The number of rotatable bonds is 3. The van der Waals surface area contributed by atoms with Crippen LogP contribution in [0.25, 0.3) is 0 Å². The highest BCUT2D eigenvalue weighted by Gasteiger charge is 2.46. The Hall–Kier alpha value is -0.290. The van der Waals surface area contributed by atoms with E-state index in [1.165, 1.54) is 0 Å². The average molecular weight is 267 g/mol. The van der Waals surface area contributed by atoms with Gasteiger partial charge in [-0.3, -0.25) is 4.74 Å². The van der Waals surface area contributed by atoms with Gasteiger partial charge in [-0.25, -0.2) is 0 Å². The topological polar surface area (TPSA) is 12.5 Å². The first-order valence-corrected chi connectivity index (χ1v) is 6.36. The van der Waals surface area contributed by atoms with E-state index in [9.17, 15) is 13.2 Å². The molecule has 2 atom stereocenters. The van der Waals surface area contributed by atoms with Gasteiger partial charge in [0.15, 0.2) is 0 Å². The lowest BCUT2D eigenvalue weighted by Gasteiger charge is -2.41. The molecule has 18 heavy (non-hydrogen) atoms. The highest BCUT2D eigenvalue weighted by Crippen LogP contribution is 2.44. The first kappa shape index (κ1) is 15.8. The van der Waals surface area contributed by atoms with Crippen LogP contribution in [0.4, 0.5) is 13.2 Å². The van der Waals surface area contributed by atoms with Crippen LogP contribution in [0.3, 0.4) is 0 Å². The minimum Gasteiger partial charge on any atom is -0.304 e. The number of nitrogens with zero attached hydrogens (tertiary/aromatic N) is 1. The zero-order chi connectivity index (χ0) is 14.2. The second kappa shape index (κ2) is 5.00. The Morgan fingerprint density at radius 1 is 1.22 bits per heavy atom. The summed E-state index contributed by atoms with van der Waals surface area (Å²) in [6.07, 6.45) is -2.64. The fourth-order valence-corrected chi connectivity index (χ4v) is 3.06. The monoisotopic (exact) mass is 267 g/mol. The Kier molecular flexibility index (Phi) is 4.38. The molecule has 0 saturated heterocycles. The molecule has 0 radical (unpaired) electrons. The molecule has 0 aromatic carbocycles. The Labute approximate surface area is 107 Å². The molecule has 0 spiro atoms. The molecule has 1 aliphatic carbocycles. The number of ether oxygens (including phenoxy) is 1. The Morgan fingerprint density at radius 3 is 2.17 bits per heavy atom. The van der Waals surface area contributed by atoms with Crippen LogP contribution in [0.2, 0.25) is 0 Å². The highest BCUT2D eigenvalue weighted by atomic mass is 19.4. The van der Waals surface area contributed by atoms with E-state index in [2.05, 4.69) is 30.4 Å². The van der Waals surface area contributed by atoms with Crippen molar-refractivity contribution in [1.82, 2.24) is 4.90 Å². The largest absolute Gasteiger partial charge is 0.522 e. The smallest absolute Gasteiger partial charge is 0.304 e. The van der Waals surface area contributed by atoms with Gasteiger partial charge in [-0.1, -0.05) is 20.8 Å². The molecule has 2 nitrogen and oxygen atoms in total. The summed E-state index contributed by atoms with van der Waals surface area (Å²) in [5.41, 5.74) is -0.0778. The van der Waals surface area contributed by atoms with Gasteiger partial charge in [0.1, 0.15) is 0 Å². The highest BCUT2D eigenvalue weighted by molar-refractivity contribution is 4.99. The number of halogens is 3. The molecule has 5 heteroatoms. The minimum absolute atomic E-state index is 0.0946. The Bertz CT molecular complexity index is 283. The van der Waals surface area contributed by atoms with Crippen molar-refractivity contribution in [3.05, 3.63) is 0 Å². The van der Waals surface area contributed by atoms with Crippen LogP contribution in [-0.4, -0.2) is 37.0 Å². The summed E-state index contributed by atoms with van der Waals surface area (Å²) in [6, 6.07) is 0. The van der Waals surface area contributed by atoms with E-state index in [0.717, 1.165) is 12.8 Å². The first-order valence-electron chi connectivity index (χ1n) is 6.36.